The van der Waals surface area contributed by atoms with Crippen LogP contribution in [-0.2, 0) is 4.74 Å². The van der Waals surface area contributed by atoms with Gasteiger partial charge in [-0.1, -0.05) is 0 Å². The predicted molar refractivity (Wildman–Crippen MR) is 75.0 cm³/mol. The number of nitrogens with one attached hydrogen (secondary N) is 2. The Kier molecular flexibility index (Phi) is 3.68. The maximum atomic E-state index is 11.5. The van der Waals surface area contributed by atoms with E-state index in [0.717, 1.165) is 31.8 Å². The van der Waals surface area contributed by atoms with Crippen molar-refractivity contribution >= 4 is 11.5 Å². The number of aromatic amines is 1. The first-order chi connectivity index (χ1) is 9.74. The maximum Gasteiger partial charge on any atom is 0.349 e. The second kappa shape index (κ2) is 5.62. The van der Waals surface area contributed by atoms with Crippen LogP contribution in [0.2, 0.25) is 0 Å². The van der Waals surface area contributed by atoms with Crippen molar-refractivity contribution in [1.29, 1.82) is 0 Å². The lowest BCUT2D eigenvalue weighted by atomic mass is 10.1. The number of aryl methyl sites for hydroxylation is 1. The summed E-state index contributed by atoms with van der Waals surface area (Å²) in [4.78, 5) is 15.9. The van der Waals surface area contributed by atoms with Crippen LogP contribution in [0.5, 0.6) is 0 Å². The minimum absolute atomic E-state index is 0.257. The van der Waals surface area contributed by atoms with E-state index < -0.39 is 0 Å². The van der Waals surface area contributed by atoms with Crippen molar-refractivity contribution in [2.45, 2.75) is 38.7 Å². The summed E-state index contributed by atoms with van der Waals surface area (Å²) >= 11 is 0. The Hall–Kier alpha value is -1.89. The van der Waals surface area contributed by atoms with Crippen molar-refractivity contribution < 1.29 is 4.74 Å². The van der Waals surface area contributed by atoms with E-state index in [4.69, 9.17) is 4.74 Å². The van der Waals surface area contributed by atoms with Gasteiger partial charge in [-0.2, -0.15) is 5.10 Å². The minimum Gasteiger partial charge on any atom is -0.378 e. The highest BCUT2D eigenvalue weighted by Crippen LogP contribution is 2.16. The second-order valence-electron chi connectivity index (χ2n) is 5.11. The monoisotopic (exact) mass is 277 g/mol. The molecule has 7 heteroatoms. The first kappa shape index (κ1) is 13.1. The topological polar surface area (TPSA) is 84.3 Å². The first-order valence-corrected chi connectivity index (χ1v) is 7.04. The Morgan fingerprint density at radius 3 is 3.25 bits per heavy atom. The molecule has 2 aromatic heterocycles. The lowest BCUT2D eigenvalue weighted by Crippen LogP contribution is -2.22. The summed E-state index contributed by atoms with van der Waals surface area (Å²) in [7, 11) is 0. The SMILES string of the molecule is Cc1nc(NCCC2CCCCO2)cc2n[nH]c(=O)n12. The average molecular weight is 277 g/mol. The van der Waals surface area contributed by atoms with Gasteiger partial charge in [0.15, 0.2) is 5.65 Å². The molecule has 1 atom stereocenters. The van der Waals surface area contributed by atoms with Gasteiger partial charge in [0.2, 0.25) is 0 Å². The van der Waals surface area contributed by atoms with E-state index in [9.17, 15) is 4.79 Å². The van der Waals surface area contributed by atoms with Crippen LogP contribution in [0.15, 0.2) is 10.9 Å². The third-order valence-electron chi connectivity index (χ3n) is 3.62. The Bertz CT molecular complexity index is 642. The van der Waals surface area contributed by atoms with Crippen molar-refractivity contribution in [3.63, 3.8) is 0 Å². The van der Waals surface area contributed by atoms with E-state index in [-0.39, 0.29) is 5.69 Å². The summed E-state index contributed by atoms with van der Waals surface area (Å²) in [6, 6.07) is 1.77. The lowest BCUT2D eigenvalue weighted by molar-refractivity contribution is 0.0134. The zero-order valence-electron chi connectivity index (χ0n) is 11.6. The maximum absolute atomic E-state index is 11.5. The molecule has 7 nitrogen and oxygen atoms in total. The van der Waals surface area contributed by atoms with Gasteiger partial charge >= 0.3 is 5.69 Å². The normalized spacial score (nSPS) is 19.4. The Balaban J connectivity index is 1.64. The molecular weight excluding hydrogens is 258 g/mol. The smallest absolute Gasteiger partial charge is 0.349 e. The summed E-state index contributed by atoms with van der Waals surface area (Å²) in [5.41, 5.74) is 0.325. The molecule has 0 radical (unpaired) electrons. The van der Waals surface area contributed by atoms with Crippen molar-refractivity contribution in [2.75, 3.05) is 18.5 Å². The molecule has 3 rings (SSSR count). The number of anilines is 1. The van der Waals surface area contributed by atoms with Gasteiger partial charge in [-0.15, -0.1) is 0 Å². The van der Waals surface area contributed by atoms with Crippen LogP contribution < -0.4 is 11.0 Å². The molecule has 20 heavy (non-hydrogen) atoms. The summed E-state index contributed by atoms with van der Waals surface area (Å²) < 4.78 is 7.14. The average Bonchev–Trinajstić information content (AvgIpc) is 2.82. The predicted octanol–water partition coefficient (Wildman–Crippen LogP) is 1.10. The zero-order chi connectivity index (χ0) is 13.9. The number of ether oxygens (including phenoxy) is 1. The molecule has 108 valence electrons. The number of fused-ring (bicyclic) bond motifs is 1. The van der Waals surface area contributed by atoms with E-state index in [1.807, 2.05) is 0 Å². The first-order valence-electron chi connectivity index (χ1n) is 7.04. The summed E-state index contributed by atoms with van der Waals surface area (Å²) in [5, 5.41) is 9.65. The fraction of sp³-hybridized carbons (Fsp3) is 0.615. The van der Waals surface area contributed by atoms with Crippen LogP contribution in [0.3, 0.4) is 0 Å². The molecule has 1 unspecified atom stereocenters. The molecule has 0 spiro atoms. The van der Waals surface area contributed by atoms with E-state index in [1.165, 1.54) is 17.2 Å². The fourth-order valence-corrected chi connectivity index (χ4v) is 2.58. The highest BCUT2D eigenvalue weighted by Gasteiger charge is 2.13. The fourth-order valence-electron chi connectivity index (χ4n) is 2.58. The third-order valence-corrected chi connectivity index (χ3v) is 3.62. The minimum atomic E-state index is -0.257. The molecule has 1 saturated heterocycles. The number of rotatable bonds is 4. The Labute approximate surface area is 116 Å². The number of hydrogen-bond acceptors (Lipinski definition) is 5. The van der Waals surface area contributed by atoms with Crippen LogP contribution in [0, 0.1) is 6.92 Å². The molecule has 0 aliphatic carbocycles. The van der Waals surface area contributed by atoms with E-state index in [1.54, 1.807) is 13.0 Å². The second-order valence-corrected chi connectivity index (χ2v) is 5.11. The van der Waals surface area contributed by atoms with Gasteiger partial charge < -0.3 is 10.1 Å². The van der Waals surface area contributed by atoms with E-state index in [2.05, 4.69) is 20.5 Å². The standard InChI is InChI=1S/C13H19N5O2/c1-9-15-11(8-12-16-17-13(19)18(9)12)14-6-5-10-4-2-3-7-20-10/h8,10,14H,2-7H2,1H3,(H,17,19). The van der Waals surface area contributed by atoms with Crippen molar-refractivity contribution in [3.8, 4) is 0 Å². The molecule has 1 fully saturated rings. The molecule has 0 bridgehead atoms. The largest absolute Gasteiger partial charge is 0.378 e. The van der Waals surface area contributed by atoms with Crippen LogP contribution in [0.1, 0.15) is 31.5 Å². The van der Waals surface area contributed by atoms with Crippen LogP contribution >= 0.6 is 0 Å². The van der Waals surface area contributed by atoms with Gasteiger partial charge in [-0.3, -0.25) is 0 Å². The van der Waals surface area contributed by atoms with Gasteiger partial charge in [0, 0.05) is 19.2 Å². The van der Waals surface area contributed by atoms with Gasteiger partial charge in [0.1, 0.15) is 11.6 Å². The summed E-state index contributed by atoms with van der Waals surface area (Å²) in [5.74, 6) is 1.36. The Morgan fingerprint density at radius 1 is 1.55 bits per heavy atom. The van der Waals surface area contributed by atoms with E-state index >= 15 is 0 Å². The molecule has 0 saturated carbocycles. The molecule has 2 aromatic rings. The van der Waals surface area contributed by atoms with Crippen LogP contribution in [0.25, 0.3) is 5.65 Å². The molecule has 2 N–H and O–H groups in total. The van der Waals surface area contributed by atoms with Crippen molar-refractivity contribution in [1.82, 2.24) is 19.6 Å². The molecule has 0 aromatic carbocycles. The summed E-state index contributed by atoms with van der Waals surface area (Å²) in [6.07, 6.45) is 4.90. The van der Waals surface area contributed by atoms with Gasteiger partial charge in [-0.25, -0.2) is 19.3 Å². The van der Waals surface area contributed by atoms with Crippen LogP contribution in [0.4, 0.5) is 5.82 Å². The van der Waals surface area contributed by atoms with Crippen molar-refractivity contribution in [2.24, 2.45) is 0 Å². The molecule has 0 amide bonds. The number of aromatic nitrogens is 4. The molecule has 3 heterocycles. The third kappa shape index (κ3) is 2.67. The lowest BCUT2D eigenvalue weighted by Gasteiger charge is -2.22. The highest BCUT2D eigenvalue weighted by molar-refractivity contribution is 5.49. The van der Waals surface area contributed by atoms with Crippen LogP contribution in [-0.4, -0.2) is 38.8 Å². The van der Waals surface area contributed by atoms with Gasteiger partial charge in [-0.05, 0) is 32.6 Å². The van der Waals surface area contributed by atoms with Crippen molar-refractivity contribution in [3.05, 3.63) is 22.4 Å². The number of hydrogen-bond donors (Lipinski definition) is 2. The number of H-pyrrole nitrogens is 1. The molecule has 1 aliphatic rings. The number of nitrogens with zero attached hydrogens (tertiary/aromatic N) is 3. The quantitative estimate of drug-likeness (QED) is 0.874. The zero-order valence-corrected chi connectivity index (χ0v) is 11.6. The Morgan fingerprint density at radius 2 is 2.45 bits per heavy atom. The van der Waals surface area contributed by atoms with Gasteiger partial charge in [0.05, 0.1) is 6.10 Å². The van der Waals surface area contributed by atoms with Gasteiger partial charge in [0.25, 0.3) is 0 Å². The molecule has 1 aliphatic heterocycles. The molecular formula is C13H19N5O2. The highest BCUT2D eigenvalue weighted by atomic mass is 16.5. The van der Waals surface area contributed by atoms with E-state index in [0.29, 0.717) is 17.6 Å². The summed E-state index contributed by atoms with van der Waals surface area (Å²) in [6.45, 7) is 3.48.